The van der Waals surface area contributed by atoms with Crippen LogP contribution in [0.4, 0.5) is 20.1 Å². The first-order valence-electron chi connectivity index (χ1n) is 29.9. The Balaban J connectivity index is 0.807. The molecule has 3 atom stereocenters. The number of nitrogens with one attached hydrogen (secondary N) is 4. The molecule has 85 heavy (non-hydrogen) atoms. The van der Waals surface area contributed by atoms with Crippen molar-refractivity contribution in [2.24, 2.45) is 11.7 Å². The number of esters is 1. The lowest BCUT2D eigenvalue weighted by atomic mass is 9.85. The summed E-state index contributed by atoms with van der Waals surface area (Å²) in [6, 6.07) is 12.6. The Kier molecular flexibility index (Phi) is 19.9. The molecule has 9 rings (SSSR count). The number of carbonyl (C=O) groups is 8. The summed E-state index contributed by atoms with van der Waals surface area (Å²) in [5, 5.41) is 12.6. The number of unbranched alkanes of at least 4 members (excludes halogenated alkanes) is 2. The second kappa shape index (κ2) is 27.6. The molecule has 454 valence electrons. The SMILES string of the molecule is CCc1c2c(nc3ccc(OC(=O)N4CCC(N5CCCCC5)CC4)cc13)-c1cc3c(c(=O)n1C2)COC(=O)[C@]3(CC)OC(=O)OCc1ccc(NC[C@H](CCCNC(N)=O)NC(=O)[C@@H](NC(=O)CCCCCN2C(=O)C=CC2=O)C(C)C)cc1. The number of hydrogen-bond donors (Lipinski definition) is 5. The number of cyclic esters (lactones) is 1. The summed E-state index contributed by atoms with van der Waals surface area (Å²) in [5.41, 5.74) is 7.89. The van der Waals surface area contributed by atoms with E-state index in [1.54, 1.807) is 58.9 Å². The molecule has 0 radical (unpaired) electrons. The molecule has 2 aromatic carbocycles. The molecule has 2 saturated heterocycles. The largest absolute Gasteiger partial charge is 0.510 e. The molecule has 23 nitrogen and oxygen atoms in total. The number of amides is 7. The molecule has 4 aromatic rings. The second-order valence-electron chi connectivity index (χ2n) is 22.8. The van der Waals surface area contributed by atoms with E-state index in [1.807, 2.05) is 26.8 Å². The number of likely N-dealkylation sites (tertiary alicyclic amines) is 2. The minimum atomic E-state index is -2.01. The van der Waals surface area contributed by atoms with E-state index in [1.165, 1.54) is 31.4 Å². The number of nitrogens with two attached hydrogens (primary N) is 1. The summed E-state index contributed by atoms with van der Waals surface area (Å²) >= 11 is 0. The Hall–Kier alpha value is -8.34. The quantitative estimate of drug-likeness (QED) is 0.0253. The first kappa shape index (κ1) is 61.2. The Morgan fingerprint density at radius 2 is 1.60 bits per heavy atom. The van der Waals surface area contributed by atoms with Crippen LogP contribution in [0.25, 0.3) is 22.3 Å². The van der Waals surface area contributed by atoms with Gasteiger partial charge in [0.25, 0.3) is 17.4 Å². The number of ether oxygens (including phenoxy) is 4. The zero-order valence-corrected chi connectivity index (χ0v) is 49.0. The van der Waals surface area contributed by atoms with Gasteiger partial charge in [-0.05, 0) is 131 Å². The molecule has 0 saturated carbocycles. The predicted molar refractivity (Wildman–Crippen MR) is 314 cm³/mol. The van der Waals surface area contributed by atoms with Crippen LogP contribution in [0.5, 0.6) is 5.75 Å². The van der Waals surface area contributed by atoms with Gasteiger partial charge in [-0.25, -0.2) is 24.2 Å². The van der Waals surface area contributed by atoms with Gasteiger partial charge in [0.2, 0.25) is 17.4 Å². The molecule has 6 N–H and O–H groups in total. The summed E-state index contributed by atoms with van der Waals surface area (Å²) in [4.78, 5) is 128. The van der Waals surface area contributed by atoms with Gasteiger partial charge in [-0.15, -0.1) is 0 Å². The van der Waals surface area contributed by atoms with Crippen molar-refractivity contribution in [3.8, 4) is 17.1 Å². The van der Waals surface area contributed by atoms with E-state index >= 15 is 0 Å². The Morgan fingerprint density at radius 1 is 0.859 bits per heavy atom. The first-order chi connectivity index (χ1) is 41.0. The van der Waals surface area contributed by atoms with Crippen molar-refractivity contribution in [1.82, 2.24) is 40.2 Å². The van der Waals surface area contributed by atoms with Gasteiger partial charge in [0.15, 0.2) is 0 Å². The van der Waals surface area contributed by atoms with Gasteiger partial charge in [0.05, 0.1) is 29.0 Å². The Labute approximate surface area is 493 Å². The number of benzene rings is 2. The van der Waals surface area contributed by atoms with E-state index in [2.05, 4.69) is 26.2 Å². The second-order valence-corrected chi connectivity index (χ2v) is 22.8. The molecule has 7 amide bonds. The van der Waals surface area contributed by atoms with Gasteiger partial charge < -0.3 is 60.3 Å². The van der Waals surface area contributed by atoms with Crippen molar-refractivity contribution in [2.75, 3.05) is 51.1 Å². The van der Waals surface area contributed by atoms with Gasteiger partial charge >= 0.3 is 24.2 Å². The third-order valence-corrected chi connectivity index (χ3v) is 16.9. The van der Waals surface area contributed by atoms with Gasteiger partial charge in [-0.2, -0.15) is 0 Å². The van der Waals surface area contributed by atoms with Crippen molar-refractivity contribution in [3.05, 3.63) is 98.9 Å². The Morgan fingerprint density at radius 3 is 2.29 bits per heavy atom. The normalized spacial score (nSPS) is 18.3. The molecule has 2 fully saturated rings. The van der Waals surface area contributed by atoms with Crippen LogP contribution < -0.4 is 37.3 Å². The number of fused-ring (bicyclic) bond motifs is 5. The van der Waals surface area contributed by atoms with E-state index in [0.717, 1.165) is 47.3 Å². The average Bonchev–Trinajstić information content (AvgIpc) is 1.76. The number of rotatable bonds is 24. The summed E-state index contributed by atoms with van der Waals surface area (Å²) in [6.07, 6.45) is 9.77. The fourth-order valence-corrected chi connectivity index (χ4v) is 12.1. The zero-order valence-electron chi connectivity index (χ0n) is 49.0. The molecular weight excluding hydrogens is 1090 g/mol. The number of piperidine rings is 2. The Bertz CT molecular complexity index is 3260. The molecule has 0 bridgehead atoms. The molecule has 5 aliphatic rings. The summed E-state index contributed by atoms with van der Waals surface area (Å²) in [7, 11) is 0. The number of imide groups is 1. The first-order valence-corrected chi connectivity index (χ1v) is 29.9. The van der Waals surface area contributed by atoms with E-state index in [0.29, 0.717) is 91.6 Å². The van der Waals surface area contributed by atoms with Crippen LogP contribution in [0, 0.1) is 5.92 Å². The van der Waals surface area contributed by atoms with Crippen LogP contribution in [-0.2, 0) is 70.0 Å². The summed E-state index contributed by atoms with van der Waals surface area (Å²) in [5.74, 6) is -2.07. The molecule has 5 aliphatic heterocycles. The van der Waals surface area contributed by atoms with Crippen molar-refractivity contribution in [3.63, 3.8) is 0 Å². The fraction of sp³-hybridized carbons (Fsp3) is 0.516. The number of primary amides is 1. The lowest BCUT2D eigenvalue weighted by Gasteiger charge is -2.39. The van der Waals surface area contributed by atoms with Crippen LogP contribution in [0.1, 0.15) is 133 Å². The maximum Gasteiger partial charge on any atom is 0.510 e. The number of nitrogens with zero attached hydrogens (tertiary/aromatic N) is 5. The number of pyridine rings is 2. The fourth-order valence-electron chi connectivity index (χ4n) is 12.1. The summed E-state index contributed by atoms with van der Waals surface area (Å²) in [6.45, 7) is 11.3. The molecule has 0 aliphatic carbocycles. The maximum atomic E-state index is 14.5. The average molecular weight is 1170 g/mol. The van der Waals surface area contributed by atoms with E-state index in [-0.39, 0.29) is 99.0 Å². The molecule has 2 aromatic heterocycles. The van der Waals surface area contributed by atoms with Crippen LogP contribution in [0.2, 0.25) is 0 Å². The smallest absolute Gasteiger partial charge is 0.457 e. The zero-order chi connectivity index (χ0) is 60.4. The van der Waals surface area contributed by atoms with Crippen LogP contribution >= 0.6 is 0 Å². The van der Waals surface area contributed by atoms with Gasteiger partial charge in [0.1, 0.15) is 25.0 Å². The third-order valence-electron chi connectivity index (χ3n) is 16.9. The predicted octanol–water partition coefficient (Wildman–Crippen LogP) is 6.42. The molecule has 0 spiro atoms. The topological polar surface area (TPSA) is 292 Å². The van der Waals surface area contributed by atoms with Gasteiger partial charge in [-0.3, -0.25) is 28.9 Å². The van der Waals surface area contributed by atoms with Gasteiger partial charge in [0, 0.05) is 85.6 Å². The number of aromatic nitrogens is 2. The molecular formula is C62H78N10O13. The van der Waals surface area contributed by atoms with E-state index in [4.69, 9.17) is 29.7 Å². The maximum absolute atomic E-state index is 14.5. The van der Waals surface area contributed by atoms with Crippen molar-refractivity contribution >= 4 is 64.5 Å². The number of aryl methyl sites for hydroxylation is 1. The summed E-state index contributed by atoms with van der Waals surface area (Å²) < 4.78 is 24.7. The van der Waals surface area contributed by atoms with Gasteiger partial charge in [-0.1, -0.05) is 52.7 Å². The number of carbonyl (C=O) groups excluding carboxylic acids is 8. The minimum Gasteiger partial charge on any atom is -0.457 e. The van der Waals surface area contributed by atoms with Crippen molar-refractivity contribution in [2.45, 2.75) is 155 Å². The minimum absolute atomic E-state index is 0.0715. The monoisotopic (exact) mass is 1170 g/mol. The van der Waals surface area contributed by atoms with Crippen LogP contribution in [0.3, 0.4) is 0 Å². The highest BCUT2D eigenvalue weighted by atomic mass is 16.7. The number of anilines is 1. The lowest BCUT2D eigenvalue weighted by molar-refractivity contribution is -0.175. The third kappa shape index (κ3) is 14.3. The van der Waals surface area contributed by atoms with Crippen LogP contribution in [0.15, 0.2) is 65.5 Å². The molecule has 23 heteroatoms. The number of hydrogen-bond acceptors (Lipinski definition) is 16. The highest BCUT2D eigenvalue weighted by Gasteiger charge is 2.51. The van der Waals surface area contributed by atoms with E-state index in [9.17, 15) is 43.2 Å². The highest BCUT2D eigenvalue weighted by molar-refractivity contribution is 6.12. The molecule has 0 unspecified atom stereocenters. The van der Waals surface area contributed by atoms with Crippen molar-refractivity contribution in [1.29, 1.82) is 0 Å². The molecule has 7 heterocycles. The van der Waals surface area contributed by atoms with E-state index < -0.39 is 41.4 Å². The van der Waals surface area contributed by atoms with Crippen LogP contribution in [-0.4, -0.2) is 136 Å². The lowest BCUT2D eigenvalue weighted by Crippen LogP contribution is -2.53. The number of urea groups is 1. The van der Waals surface area contributed by atoms with Crippen molar-refractivity contribution < 1.29 is 57.3 Å². The standard InChI is InChI=1S/C62H78N10O13/c1-5-44-45-32-43(84-60(80)70-30-24-42(25-31-70)69-27-10-8-11-28-69)20-21-49(45)67-55-46(44)35-72-50(55)33-48-47(57(72)77)37-82-58(78)62(48,6-2)85-61(81)83-36-39-16-18-40(19-17-39)65-34-41(14-13-26-64-59(63)79)66-56(76)54(38(3)4)68-51(73)15-9-7-12-29-71-52(74)22-23-53(71)75/h16-23,32-33,38,41-42,54,65H,5-15,24-31,34-37H2,1-4H3,(H,66,76)(H,68,73)(H3,63,64,79)/t41-,54-,62+/m0/s1. The highest BCUT2D eigenvalue weighted by Crippen LogP contribution is 2.43.